The van der Waals surface area contributed by atoms with E-state index in [1.54, 1.807) is 23.1 Å². The topological polar surface area (TPSA) is 88.3 Å². The predicted molar refractivity (Wildman–Crippen MR) is 104 cm³/mol. The molecule has 3 heterocycles. The molecule has 2 amide bonds. The first kappa shape index (κ1) is 18.8. The Morgan fingerprint density at radius 1 is 1.29 bits per heavy atom. The van der Waals surface area contributed by atoms with E-state index in [0.29, 0.717) is 21.9 Å². The van der Waals surface area contributed by atoms with Crippen molar-refractivity contribution in [1.29, 1.82) is 0 Å². The monoisotopic (exact) mass is 464 g/mol. The van der Waals surface area contributed by atoms with E-state index in [-0.39, 0.29) is 22.7 Å². The fraction of sp³-hybridized carbons (Fsp3) is 0.222. The van der Waals surface area contributed by atoms with Crippen LogP contribution in [0.4, 0.5) is 10.1 Å². The van der Waals surface area contributed by atoms with Crippen molar-refractivity contribution in [2.45, 2.75) is 18.9 Å². The number of hydrogen-bond acceptors (Lipinski definition) is 6. The minimum Gasteiger partial charge on any atom is -0.444 e. The first-order chi connectivity index (χ1) is 13.5. The number of carbonyl (C=O) groups is 2. The van der Waals surface area contributed by atoms with Crippen LogP contribution in [0.1, 0.15) is 44.2 Å². The molecule has 1 aromatic carbocycles. The largest absolute Gasteiger partial charge is 0.444 e. The quantitative estimate of drug-likeness (QED) is 0.622. The van der Waals surface area contributed by atoms with Crippen molar-refractivity contribution in [3.63, 3.8) is 0 Å². The second kappa shape index (κ2) is 7.80. The molecule has 1 fully saturated rings. The van der Waals surface area contributed by atoms with Gasteiger partial charge in [0, 0.05) is 12.2 Å². The molecule has 144 valence electrons. The van der Waals surface area contributed by atoms with Crippen LogP contribution in [0.3, 0.4) is 0 Å². The van der Waals surface area contributed by atoms with E-state index in [2.05, 4.69) is 31.4 Å². The lowest BCUT2D eigenvalue weighted by atomic mass is 10.2. The first-order valence-electron chi connectivity index (χ1n) is 8.48. The van der Waals surface area contributed by atoms with Crippen LogP contribution in [0.5, 0.6) is 0 Å². The summed E-state index contributed by atoms with van der Waals surface area (Å²) in [4.78, 5) is 26.8. The van der Waals surface area contributed by atoms with Crippen molar-refractivity contribution in [3.05, 3.63) is 62.7 Å². The summed E-state index contributed by atoms with van der Waals surface area (Å²) in [6.45, 7) is 0.576. The average Bonchev–Trinajstić information content (AvgIpc) is 3.41. The summed E-state index contributed by atoms with van der Waals surface area (Å²) in [7, 11) is 0. The van der Waals surface area contributed by atoms with E-state index in [0.717, 1.165) is 24.2 Å². The molecule has 1 aliphatic heterocycles. The molecule has 0 unspecified atom stereocenters. The summed E-state index contributed by atoms with van der Waals surface area (Å²) in [5.41, 5.74) is 0.336. The van der Waals surface area contributed by atoms with Gasteiger partial charge in [-0.1, -0.05) is 17.4 Å². The minimum atomic E-state index is -0.472. The summed E-state index contributed by atoms with van der Waals surface area (Å²) >= 11 is 4.32. The molecule has 0 saturated carbocycles. The van der Waals surface area contributed by atoms with Crippen molar-refractivity contribution in [1.82, 2.24) is 15.1 Å². The highest BCUT2D eigenvalue weighted by Crippen LogP contribution is 2.35. The van der Waals surface area contributed by atoms with E-state index in [1.807, 2.05) is 0 Å². The normalized spacial score (nSPS) is 16.4. The molecule has 1 aliphatic rings. The molecule has 10 heteroatoms. The van der Waals surface area contributed by atoms with E-state index in [9.17, 15) is 14.0 Å². The van der Waals surface area contributed by atoms with E-state index in [4.69, 9.17) is 4.42 Å². The smallest absolute Gasteiger partial charge is 0.290 e. The van der Waals surface area contributed by atoms with Gasteiger partial charge in [0.05, 0.1) is 6.04 Å². The molecule has 4 rings (SSSR count). The number of likely N-dealkylation sites (tertiary alicyclic amines) is 1. The zero-order valence-corrected chi connectivity index (χ0v) is 16.8. The molecule has 3 aromatic rings. The number of nitrogens with one attached hydrogen (secondary N) is 1. The average molecular weight is 465 g/mol. The van der Waals surface area contributed by atoms with Gasteiger partial charge in [-0.05, 0) is 59.1 Å². The van der Waals surface area contributed by atoms with E-state index < -0.39 is 11.7 Å². The van der Waals surface area contributed by atoms with Gasteiger partial charge in [-0.25, -0.2) is 4.39 Å². The van der Waals surface area contributed by atoms with Crippen molar-refractivity contribution in [2.75, 3.05) is 11.9 Å². The van der Waals surface area contributed by atoms with Gasteiger partial charge in [-0.15, -0.1) is 10.2 Å². The summed E-state index contributed by atoms with van der Waals surface area (Å²) in [6, 6.07) is 8.62. The molecule has 1 saturated heterocycles. The van der Waals surface area contributed by atoms with Crippen molar-refractivity contribution < 1.29 is 18.4 Å². The molecule has 0 spiro atoms. The van der Waals surface area contributed by atoms with Gasteiger partial charge in [0.2, 0.25) is 5.01 Å². The molecule has 0 bridgehead atoms. The summed E-state index contributed by atoms with van der Waals surface area (Å²) in [6.07, 6.45) is 1.55. The highest BCUT2D eigenvalue weighted by Gasteiger charge is 2.34. The number of anilines is 1. The highest BCUT2D eigenvalue weighted by molar-refractivity contribution is 9.10. The van der Waals surface area contributed by atoms with Gasteiger partial charge in [0.25, 0.3) is 11.8 Å². The molecule has 7 nitrogen and oxygen atoms in total. The fourth-order valence-electron chi connectivity index (χ4n) is 3.05. The van der Waals surface area contributed by atoms with Gasteiger partial charge in [0.15, 0.2) is 10.4 Å². The molecular formula is C18H14BrFN4O3S. The lowest BCUT2D eigenvalue weighted by Crippen LogP contribution is -2.30. The Morgan fingerprint density at radius 2 is 2.14 bits per heavy atom. The first-order valence-corrected chi connectivity index (χ1v) is 10.1. The zero-order chi connectivity index (χ0) is 19.7. The van der Waals surface area contributed by atoms with Crippen molar-refractivity contribution in [2.24, 2.45) is 0 Å². The number of halogens is 2. The molecule has 1 N–H and O–H groups in total. The van der Waals surface area contributed by atoms with Crippen LogP contribution in [0.15, 0.2) is 45.5 Å². The number of amides is 2. The molecular weight excluding hydrogens is 451 g/mol. The van der Waals surface area contributed by atoms with Crippen LogP contribution in [0.2, 0.25) is 0 Å². The number of hydrogen-bond donors (Lipinski definition) is 1. The Bertz CT molecular complexity index is 1040. The number of rotatable bonds is 4. The third-order valence-corrected chi connectivity index (χ3v) is 5.75. The number of carbonyl (C=O) groups excluding carboxylic acids is 2. The highest BCUT2D eigenvalue weighted by atomic mass is 79.9. The number of benzene rings is 1. The molecule has 2 aromatic heterocycles. The summed E-state index contributed by atoms with van der Waals surface area (Å²) in [5.74, 6) is -0.901. The van der Waals surface area contributed by atoms with Crippen LogP contribution < -0.4 is 5.32 Å². The Balaban J connectivity index is 1.50. The second-order valence-corrected chi connectivity index (χ2v) is 7.96. The van der Waals surface area contributed by atoms with Crippen molar-refractivity contribution >= 4 is 44.8 Å². The van der Waals surface area contributed by atoms with Crippen LogP contribution in [-0.2, 0) is 0 Å². The van der Waals surface area contributed by atoms with Crippen LogP contribution in [-0.4, -0.2) is 33.5 Å². The zero-order valence-electron chi connectivity index (χ0n) is 14.4. The van der Waals surface area contributed by atoms with Gasteiger partial charge in [-0.2, -0.15) is 0 Å². The van der Waals surface area contributed by atoms with Crippen LogP contribution >= 0.6 is 27.3 Å². The molecule has 1 atom stereocenters. The SMILES string of the molecule is O=C(Nc1cccc(F)c1)c1nnc([C@H]2CCCN2C(=O)c2ccc(Br)o2)s1. The Labute approximate surface area is 171 Å². The Morgan fingerprint density at radius 3 is 2.89 bits per heavy atom. The predicted octanol–water partition coefficient (Wildman–Crippen LogP) is 4.26. The van der Waals surface area contributed by atoms with Crippen LogP contribution in [0, 0.1) is 5.82 Å². The maximum atomic E-state index is 13.3. The van der Waals surface area contributed by atoms with Crippen LogP contribution in [0.25, 0.3) is 0 Å². The van der Waals surface area contributed by atoms with Crippen molar-refractivity contribution in [3.8, 4) is 0 Å². The summed E-state index contributed by atoms with van der Waals surface area (Å²) < 4.78 is 19.1. The fourth-order valence-corrected chi connectivity index (χ4v) is 4.24. The van der Waals surface area contributed by atoms with E-state index >= 15 is 0 Å². The maximum absolute atomic E-state index is 13.3. The number of aromatic nitrogens is 2. The standard InChI is InChI=1S/C18H14BrFN4O3S/c19-14-7-6-13(27-14)18(26)24-8-2-5-12(24)16-22-23-17(28-16)15(25)21-11-4-1-3-10(20)9-11/h1,3-4,6-7,9,12H,2,5,8H2,(H,21,25)/t12-/m1/s1. The van der Waals surface area contributed by atoms with Gasteiger partial charge in [-0.3, -0.25) is 9.59 Å². The lowest BCUT2D eigenvalue weighted by molar-refractivity contribution is 0.0701. The molecule has 0 aliphatic carbocycles. The molecule has 0 radical (unpaired) electrons. The van der Waals surface area contributed by atoms with E-state index in [1.165, 1.54) is 18.2 Å². The lowest BCUT2D eigenvalue weighted by Gasteiger charge is -2.21. The minimum absolute atomic E-state index is 0.152. The van der Waals surface area contributed by atoms with Gasteiger partial charge in [0.1, 0.15) is 10.8 Å². The summed E-state index contributed by atoms with van der Waals surface area (Å²) in [5, 5.41) is 11.4. The second-order valence-electron chi connectivity index (χ2n) is 6.17. The maximum Gasteiger partial charge on any atom is 0.290 e. The third kappa shape index (κ3) is 3.83. The number of nitrogens with zero attached hydrogens (tertiary/aromatic N) is 3. The van der Waals surface area contributed by atoms with Gasteiger partial charge < -0.3 is 14.6 Å². The Kier molecular flexibility index (Phi) is 5.23. The van der Waals surface area contributed by atoms with Gasteiger partial charge >= 0.3 is 0 Å². The Hall–Kier alpha value is -2.59. The number of furan rings is 1. The third-order valence-electron chi connectivity index (χ3n) is 4.30. The molecule has 28 heavy (non-hydrogen) atoms.